The van der Waals surface area contributed by atoms with Gasteiger partial charge in [-0.05, 0) is 54.8 Å². The molecule has 4 heteroatoms. The van der Waals surface area contributed by atoms with E-state index in [1.165, 1.54) is 11.1 Å². The molecule has 1 amide bonds. The molecule has 2 N–H and O–H groups in total. The van der Waals surface area contributed by atoms with E-state index in [0.717, 1.165) is 11.3 Å². The second-order valence-electron chi connectivity index (χ2n) is 6.59. The van der Waals surface area contributed by atoms with Crippen LogP contribution >= 0.6 is 11.6 Å². The van der Waals surface area contributed by atoms with E-state index in [9.17, 15) is 4.79 Å². The van der Waals surface area contributed by atoms with Gasteiger partial charge in [0.1, 0.15) is 0 Å². The second kappa shape index (κ2) is 8.85. The van der Waals surface area contributed by atoms with Crippen LogP contribution < -0.4 is 10.6 Å². The van der Waals surface area contributed by atoms with Crippen molar-refractivity contribution in [3.8, 4) is 0 Å². The predicted octanol–water partition coefficient (Wildman–Crippen LogP) is 5.75. The van der Waals surface area contributed by atoms with Crippen molar-refractivity contribution in [2.45, 2.75) is 26.4 Å². The van der Waals surface area contributed by atoms with Crippen molar-refractivity contribution in [2.24, 2.45) is 0 Å². The summed E-state index contributed by atoms with van der Waals surface area (Å²) in [5, 5.41) is 6.90. The first-order chi connectivity index (χ1) is 13.0. The number of amides is 1. The summed E-state index contributed by atoms with van der Waals surface area (Å²) < 4.78 is 0. The van der Waals surface area contributed by atoms with Crippen LogP contribution in [0.5, 0.6) is 0 Å². The molecule has 3 aromatic rings. The third kappa shape index (κ3) is 4.97. The number of anilines is 1. The molecule has 0 bridgehead atoms. The zero-order chi connectivity index (χ0) is 19.2. The van der Waals surface area contributed by atoms with E-state index in [0.29, 0.717) is 17.1 Å². The van der Waals surface area contributed by atoms with Crippen LogP contribution in [0.2, 0.25) is 5.02 Å². The summed E-state index contributed by atoms with van der Waals surface area (Å²) >= 11 is 6.10. The van der Waals surface area contributed by atoms with Gasteiger partial charge in [0.15, 0.2) is 0 Å². The van der Waals surface area contributed by atoms with Crippen molar-refractivity contribution < 1.29 is 4.79 Å². The van der Waals surface area contributed by atoms with Gasteiger partial charge in [-0.3, -0.25) is 4.79 Å². The minimum absolute atomic E-state index is 0.209. The minimum atomic E-state index is -0.209. The Bertz CT molecular complexity index is 939. The molecule has 0 aliphatic carbocycles. The molecule has 0 fully saturated rings. The van der Waals surface area contributed by atoms with Gasteiger partial charge in [-0.1, -0.05) is 60.1 Å². The highest BCUT2D eigenvalue weighted by Crippen LogP contribution is 2.20. The van der Waals surface area contributed by atoms with E-state index >= 15 is 0 Å². The first-order valence-electron chi connectivity index (χ1n) is 8.98. The predicted molar refractivity (Wildman–Crippen MR) is 112 cm³/mol. The highest BCUT2D eigenvalue weighted by molar-refractivity contribution is 6.34. The fourth-order valence-electron chi connectivity index (χ4n) is 3.06. The number of hydrogen-bond acceptors (Lipinski definition) is 2. The van der Waals surface area contributed by atoms with E-state index < -0.39 is 0 Å². The lowest BCUT2D eigenvalue weighted by molar-refractivity contribution is 0.102. The van der Waals surface area contributed by atoms with Gasteiger partial charge >= 0.3 is 0 Å². The Labute approximate surface area is 165 Å². The maximum absolute atomic E-state index is 12.4. The number of carbonyl (C=O) groups excluding carboxylic acids is 1. The van der Waals surface area contributed by atoms with Gasteiger partial charge in [-0.25, -0.2) is 0 Å². The SMILES string of the molecule is Cc1ccccc1[C@@H](C)NCc1cccc(NC(=O)c2ccccc2Cl)c1. The molecule has 0 unspecified atom stereocenters. The molecule has 1 atom stereocenters. The molecule has 3 aromatic carbocycles. The molecule has 138 valence electrons. The lowest BCUT2D eigenvalue weighted by Crippen LogP contribution is -2.19. The molecule has 0 heterocycles. The van der Waals surface area contributed by atoms with Crippen LogP contribution in [0.1, 0.15) is 40.0 Å². The third-order valence-electron chi connectivity index (χ3n) is 4.57. The average molecular weight is 379 g/mol. The zero-order valence-corrected chi connectivity index (χ0v) is 16.3. The van der Waals surface area contributed by atoms with E-state index in [1.807, 2.05) is 24.3 Å². The van der Waals surface area contributed by atoms with Crippen LogP contribution in [0.4, 0.5) is 5.69 Å². The number of carbonyl (C=O) groups is 1. The Morgan fingerprint density at radius 1 is 1.00 bits per heavy atom. The lowest BCUT2D eigenvalue weighted by Gasteiger charge is -2.17. The summed E-state index contributed by atoms with van der Waals surface area (Å²) in [4.78, 5) is 12.4. The number of hydrogen-bond donors (Lipinski definition) is 2. The molecule has 3 rings (SSSR count). The molecule has 0 spiro atoms. The maximum atomic E-state index is 12.4. The quantitative estimate of drug-likeness (QED) is 0.573. The van der Waals surface area contributed by atoms with Crippen LogP contribution in [-0.4, -0.2) is 5.91 Å². The van der Waals surface area contributed by atoms with E-state index in [-0.39, 0.29) is 11.9 Å². The molecular formula is C23H23ClN2O. The van der Waals surface area contributed by atoms with Crippen LogP contribution in [-0.2, 0) is 6.54 Å². The number of rotatable bonds is 6. The highest BCUT2D eigenvalue weighted by Gasteiger charge is 2.11. The normalized spacial score (nSPS) is 11.8. The maximum Gasteiger partial charge on any atom is 0.257 e. The summed E-state index contributed by atoms with van der Waals surface area (Å²) in [6, 6.07) is 23.5. The molecule has 27 heavy (non-hydrogen) atoms. The van der Waals surface area contributed by atoms with E-state index in [1.54, 1.807) is 24.3 Å². The van der Waals surface area contributed by atoms with Gasteiger partial charge in [-0.2, -0.15) is 0 Å². The van der Waals surface area contributed by atoms with Gasteiger partial charge in [0.2, 0.25) is 0 Å². The average Bonchev–Trinajstić information content (AvgIpc) is 2.67. The fraction of sp³-hybridized carbons (Fsp3) is 0.174. The van der Waals surface area contributed by atoms with Crippen molar-refractivity contribution >= 4 is 23.2 Å². The summed E-state index contributed by atoms with van der Waals surface area (Å²) in [5.74, 6) is -0.209. The standard InChI is InChI=1S/C23H23ClN2O/c1-16-8-3-4-11-20(16)17(2)25-15-18-9-7-10-19(14-18)26-23(27)21-12-5-6-13-22(21)24/h3-14,17,25H,15H2,1-2H3,(H,26,27)/t17-/m1/s1. The Kier molecular flexibility index (Phi) is 6.28. The third-order valence-corrected chi connectivity index (χ3v) is 4.90. The summed E-state index contributed by atoms with van der Waals surface area (Å²) in [7, 11) is 0. The van der Waals surface area contributed by atoms with Gasteiger partial charge in [0, 0.05) is 18.3 Å². The Balaban J connectivity index is 1.65. The van der Waals surface area contributed by atoms with Crippen molar-refractivity contribution in [3.63, 3.8) is 0 Å². The topological polar surface area (TPSA) is 41.1 Å². The smallest absolute Gasteiger partial charge is 0.257 e. The van der Waals surface area contributed by atoms with Gasteiger partial charge in [0.25, 0.3) is 5.91 Å². The minimum Gasteiger partial charge on any atom is -0.322 e. The number of benzene rings is 3. The molecule has 0 aliphatic heterocycles. The van der Waals surface area contributed by atoms with Crippen molar-refractivity contribution in [2.75, 3.05) is 5.32 Å². The molecule has 0 aliphatic rings. The first kappa shape index (κ1) is 19.2. The Hall–Kier alpha value is -2.62. The molecule has 0 aromatic heterocycles. The lowest BCUT2D eigenvalue weighted by atomic mass is 10.0. The summed E-state index contributed by atoms with van der Waals surface area (Å²) in [6.07, 6.45) is 0. The first-order valence-corrected chi connectivity index (χ1v) is 9.36. The van der Waals surface area contributed by atoms with Crippen LogP contribution in [0, 0.1) is 6.92 Å². The van der Waals surface area contributed by atoms with Crippen LogP contribution in [0.25, 0.3) is 0 Å². The van der Waals surface area contributed by atoms with Crippen LogP contribution in [0.3, 0.4) is 0 Å². The summed E-state index contributed by atoms with van der Waals surface area (Å²) in [5.41, 5.74) is 4.89. The second-order valence-corrected chi connectivity index (χ2v) is 7.00. The monoisotopic (exact) mass is 378 g/mol. The Morgan fingerprint density at radius 2 is 1.74 bits per heavy atom. The van der Waals surface area contributed by atoms with Crippen LogP contribution in [0.15, 0.2) is 72.8 Å². The number of halogens is 1. The zero-order valence-electron chi connectivity index (χ0n) is 15.5. The fourth-order valence-corrected chi connectivity index (χ4v) is 3.28. The van der Waals surface area contributed by atoms with Gasteiger partial charge in [0.05, 0.1) is 10.6 Å². The highest BCUT2D eigenvalue weighted by atomic mass is 35.5. The van der Waals surface area contributed by atoms with E-state index in [4.69, 9.17) is 11.6 Å². The number of nitrogens with one attached hydrogen (secondary N) is 2. The van der Waals surface area contributed by atoms with Gasteiger partial charge in [-0.15, -0.1) is 0 Å². The van der Waals surface area contributed by atoms with E-state index in [2.05, 4.69) is 48.7 Å². The molecule has 0 saturated heterocycles. The van der Waals surface area contributed by atoms with Crippen molar-refractivity contribution in [3.05, 3.63) is 100 Å². The molecule has 0 saturated carbocycles. The molecular weight excluding hydrogens is 356 g/mol. The van der Waals surface area contributed by atoms with Crippen molar-refractivity contribution in [1.29, 1.82) is 0 Å². The Morgan fingerprint density at radius 3 is 2.52 bits per heavy atom. The molecule has 3 nitrogen and oxygen atoms in total. The number of aryl methyl sites for hydroxylation is 1. The molecule has 0 radical (unpaired) electrons. The summed E-state index contributed by atoms with van der Waals surface area (Å²) in [6.45, 7) is 5.00. The largest absolute Gasteiger partial charge is 0.322 e. The van der Waals surface area contributed by atoms with Crippen molar-refractivity contribution in [1.82, 2.24) is 5.32 Å². The van der Waals surface area contributed by atoms with Gasteiger partial charge < -0.3 is 10.6 Å².